The van der Waals surface area contributed by atoms with Crippen LogP contribution in [0.5, 0.6) is 5.75 Å². The summed E-state index contributed by atoms with van der Waals surface area (Å²) in [5.74, 6) is 0.605. The van der Waals surface area contributed by atoms with Gasteiger partial charge in [-0.05, 0) is 35.9 Å². The van der Waals surface area contributed by atoms with E-state index >= 15 is 0 Å². The van der Waals surface area contributed by atoms with Gasteiger partial charge in [-0.2, -0.15) is 0 Å². The number of hydrogen-bond donors (Lipinski definition) is 0. The van der Waals surface area contributed by atoms with E-state index in [1.165, 1.54) is 0 Å². The van der Waals surface area contributed by atoms with Crippen molar-refractivity contribution in [3.05, 3.63) is 77.0 Å². The van der Waals surface area contributed by atoms with Crippen LogP contribution in [-0.4, -0.2) is 21.6 Å². The fraction of sp³-hybridized carbons (Fsp3) is 0.105. The smallest absolute Gasteiger partial charge is 0.261 e. The Kier molecular flexibility index (Phi) is 3.46. The normalized spacial score (nSPS) is 11.0. The molecule has 0 atom stereocenters. The van der Waals surface area contributed by atoms with E-state index in [1.807, 2.05) is 30.3 Å². The number of nitrogens with zero attached hydrogens (tertiary/aromatic N) is 3. The molecule has 2 heterocycles. The van der Waals surface area contributed by atoms with Gasteiger partial charge in [0, 0.05) is 11.6 Å². The standard InChI is InChI=1S/C19H15N3O2/c1-24-17-6-2-5-15-18(17)21-12-22(19(15)23)11-13-7-8-16-14(10-13)4-3-9-20-16/h2-10,12H,11H2,1H3. The van der Waals surface area contributed by atoms with E-state index < -0.39 is 0 Å². The van der Waals surface area contributed by atoms with Gasteiger partial charge in [-0.1, -0.05) is 18.2 Å². The van der Waals surface area contributed by atoms with E-state index in [4.69, 9.17) is 4.74 Å². The molecule has 0 N–H and O–H groups in total. The number of ether oxygens (including phenoxy) is 1. The lowest BCUT2D eigenvalue weighted by Crippen LogP contribution is -2.21. The van der Waals surface area contributed by atoms with Gasteiger partial charge in [0.2, 0.25) is 0 Å². The Hall–Kier alpha value is -3.21. The van der Waals surface area contributed by atoms with E-state index in [1.54, 1.807) is 42.4 Å². The maximum absolute atomic E-state index is 12.7. The van der Waals surface area contributed by atoms with E-state index in [0.29, 0.717) is 23.2 Å². The second-order valence-corrected chi connectivity index (χ2v) is 5.56. The molecule has 0 bridgehead atoms. The molecule has 0 radical (unpaired) electrons. The highest BCUT2D eigenvalue weighted by molar-refractivity contribution is 5.83. The van der Waals surface area contributed by atoms with Crippen LogP contribution in [-0.2, 0) is 6.54 Å². The highest BCUT2D eigenvalue weighted by atomic mass is 16.5. The van der Waals surface area contributed by atoms with Crippen molar-refractivity contribution in [1.82, 2.24) is 14.5 Å². The zero-order valence-electron chi connectivity index (χ0n) is 13.1. The van der Waals surface area contributed by atoms with Crippen LogP contribution in [0.25, 0.3) is 21.8 Å². The third kappa shape index (κ3) is 2.40. The lowest BCUT2D eigenvalue weighted by atomic mass is 10.1. The third-order valence-corrected chi connectivity index (χ3v) is 4.06. The van der Waals surface area contributed by atoms with Crippen LogP contribution in [0.15, 0.2) is 65.8 Å². The Bertz CT molecular complexity index is 1100. The average molecular weight is 317 g/mol. The predicted octanol–water partition coefficient (Wildman–Crippen LogP) is 3.00. The van der Waals surface area contributed by atoms with Crippen LogP contribution >= 0.6 is 0 Å². The van der Waals surface area contributed by atoms with Gasteiger partial charge in [-0.15, -0.1) is 0 Å². The number of para-hydroxylation sites is 1. The molecule has 4 aromatic rings. The molecule has 0 aliphatic carbocycles. The molecule has 2 aromatic heterocycles. The van der Waals surface area contributed by atoms with Gasteiger partial charge in [-0.25, -0.2) is 4.98 Å². The van der Waals surface area contributed by atoms with Crippen molar-refractivity contribution in [3.63, 3.8) is 0 Å². The topological polar surface area (TPSA) is 57.0 Å². The summed E-state index contributed by atoms with van der Waals surface area (Å²) >= 11 is 0. The first-order valence-corrected chi connectivity index (χ1v) is 7.62. The average Bonchev–Trinajstić information content (AvgIpc) is 2.63. The minimum absolute atomic E-state index is 0.0785. The van der Waals surface area contributed by atoms with Crippen molar-refractivity contribution in [2.75, 3.05) is 7.11 Å². The maximum Gasteiger partial charge on any atom is 0.261 e. The van der Waals surface area contributed by atoms with Crippen LogP contribution in [0.4, 0.5) is 0 Å². The molecular weight excluding hydrogens is 302 g/mol. The van der Waals surface area contributed by atoms with Crippen molar-refractivity contribution >= 4 is 21.8 Å². The minimum Gasteiger partial charge on any atom is -0.494 e. The number of pyridine rings is 1. The Morgan fingerprint density at radius 3 is 2.88 bits per heavy atom. The summed E-state index contributed by atoms with van der Waals surface area (Å²) in [7, 11) is 1.57. The van der Waals surface area contributed by atoms with Gasteiger partial charge >= 0.3 is 0 Å². The first-order valence-electron chi connectivity index (χ1n) is 7.62. The van der Waals surface area contributed by atoms with Crippen LogP contribution < -0.4 is 10.3 Å². The second-order valence-electron chi connectivity index (χ2n) is 5.56. The monoisotopic (exact) mass is 317 g/mol. The van der Waals surface area contributed by atoms with Gasteiger partial charge in [-0.3, -0.25) is 14.3 Å². The first-order chi connectivity index (χ1) is 11.8. The van der Waals surface area contributed by atoms with Crippen LogP contribution in [0.2, 0.25) is 0 Å². The molecule has 0 amide bonds. The predicted molar refractivity (Wildman–Crippen MR) is 93.4 cm³/mol. The Labute approximate surface area is 138 Å². The largest absolute Gasteiger partial charge is 0.494 e. The van der Waals surface area contributed by atoms with Gasteiger partial charge in [0.15, 0.2) is 0 Å². The summed E-state index contributed by atoms with van der Waals surface area (Å²) in [6.07, 6.45) is 3.34. The molecule has 24 heavy (non-hydrogen) atoms. The minimum atomic E-state index is -0.0785. The second kappa shape index (κ2) is 5.77. The van der Waals surface area contributed by atoms with Crippen LogP contribution in [0.3, 0.4) is 0 Å². The summed E-state index contributed by atoms with van der Waals surface area (Å²) in [6.45, 7) is 0.462. The fourth-order valence-electron chi connectivity index (χ4n) is 2.86. The van der Waals surface area contributed by atoms with Crippen molar-refractivity contribution in [2.45, 2.75) is 6.54 Å². The maximum atomic E-state index is 12.7. The molecular formula is C19H15N3O2. The zero-order valence-corrected chi connectivity index (χ0v) is 13.1. The molecule has 118 valence electrons. The molecule has 0 saturated heterocycles. The fourth-order valence-corrected chi connectivity index (χ4v) is 2.86. The molecule has 0 saturated carbocycles. The Balaban J connectivity index is 1.78. The number of rotatable bonds is 3. The van der Waals surface area contributed by atoms with Crippen molar-refractivity contribution < 1.29 is 4.74 Å². The molecule has 0 unspecified atom stereocenters. The number of hydrogen-bond acceptors (Lipinski definition) is 4. The van der Waals surface area contributed by atoms with Gasteiger partial charge < -0.3 is 4.74 Å². The zero-order chi connectivity index (χ0) is 16.5. The summed E-state index contributed by atoms with van der Waals surface area (Å²) in [6, 6.07) is 15.3. The summed E-state index contributed by atoms with van der Waals surface area (Å²) < 4.78 is 6.88. The van der Waals surface area contributed by atoms with E-state index in [0.717, 1.165) is 16.5 Å². The molecule has 2 aromatic carbocycles. The number of benzene rings is 2. The van der Waals surface area contributed by atoms with E-state index in [2.05, 4.69) is 9.97 Å². The highest BCUT2D eigenvalue weighted by Gasteiger charge is 2.09. The van der Waals surface area contributed by atoms with Gasteiger partial charge in [0.05, 0.1) is 30.9 Å². The van der Waals surface area contributed by atoms with Crippen molar-refractivity contribution in [2.24, 2.45) is 0 Å². The molecule has 0 spiro atoms. The first kappa shape index (κ1) is 14.4. The summed E-state index contributed by atoms with van der Waals surface area (Å²) in [5, 5.41) is 1.61. The SMILES string of the molecule is COc1cccc2c(=O)n(Cc3ccc4ncccc4c3)cnc12. The van der Waals surface area contributed by atoms with Crippen LogP contribution in [0.1, 0.15) is 5.56 Å². The molecule has 5 nitrogen and oxygen atoms in total. The van der Waals surface area contributed by atoms with E-state index in [9.17, 15) is 4.79 Å². The molecule has 0 aliphatic heterocycles. The number of methoxy groups -OCH3 is 1. The van der Waals surface area contributed by atoms with Gasteiger partial charge in [0.25, 0.3) is 5.56 Å². The van der Waals surface area contributed by atoms with E-state index in [-0.39, 0.29) is 5.56 Å². The van der Waals surface area contributed by atoms with Crippen molar-refractivity contribution in [3.8, 4) is 5.75 Å². The molecule has 4 rings (SSSR count). The summed E-state index contributed by atoms with van der Waals surface area (Å²) in [4.78, 5) is 21.4. The Morgan fingerprint density at radius 2 is 2.00 bits per heavy atom. The van der Waals surface area contributed by atoms with Crippen molar-refractivity contribution in [1.29, 1.82) is 0 Å². The Morgan fingerprint density at radius 1 is 1.08 bits per heavy atom. The molecule has 0 aliphatic rings. The number of fused-ring (bicyclic) bond motifs is 2. The van der Waals surface area contributed by atoms with Gasteiger partial charge in [0.1, 0.15) is 11.3 Å². The third-order valence-electron chi connectivity index (χ3n) is 4.06. The van der Waals surface area contributed by atoms with Crippen LogP contribution in [0, 0.1) is 0 Å². The summed E-state index contributed by atoms with van der Waals surface area (Å²) in [5.41, 5.74) is 2.48. The molecule has 5 heteroatoms. The lowest BCUT2D eigenvalue weighted by molar-refractivity contribution is 0.418. The molecule has 0 fully saturated rings. The highest BCUT2D eigenvalue weighted by Crippen LogP contribution is 2.20. The lowest BCUT2D eigenvalue weighted by Gasteiger charge is -2.09. The quantitative estimate of drug-likeness (QED) is 0.583. The number of aromatic nitrogens is 3.